The third-order valence-electron chi connectivity index (χ3n) is 13.1. The van der Waals surface area contributed by atoms with Gasteiger partial charge >= 0.3 is 0 Å². The second-order valence-electron chi connectivity index (χ2n) is 15.2. The molecule has 0 unspecified atom stereocenters. The Morgan fingerprint density at radius 3 is 2.03 bits per heavy atom. The zero-order valence-electron chi connectivity index (χ0n) is 22.2. The fourth-order valence-corrected chi connectivity index (χ4v) is 10.6. The van der Waals surface area contributed by atoms with Crippen LogP contribution in [0, 0.1) is 50.2 Å². The molecule has 5 rings (SSSR count). The van der Waals surface area contributed by atoms with E-state index in [4.69, 9.17) is 0 Å². The summed E-state index contributed by atoms with van der Waals surface area (Å²) in [7, 11) is 0. The molecule has 2 nitrogen and oxygen atoms in total. The van der Waals surface area contributed by atoms with Crippen molar-refractivity contribution in [3.05, 3.63) is 11.6 Å². The molecule has 0 aliphatic heterocycles. The lowest BCUT2D eigenvalue weighted by atomic mass is 9.32. The van der Waals surface area contributed by atoms with Gasteiger partial charge in [-0.15, -0.1) is 0 Å². The summed E-state index contributed by atoms with van der Waals surface area (Å²) in [5.41, 5.74) is 2.88. The first kappa shape index (κ1) is 23.4. The average Bonchev–Trinajstić information content (AvgIpc) is 2.68. The van der Waals surface area contributed by atoms with Gasteiger partial charge < -0.3 is 10.2 Å². The Bertz CT molecular complexity index is 825. The van der Waals surface area contributed by atoms with Crippen molar-refractivity contribution in [3.8, 4) is 0 Å². The van der Waals surface area contributed by atoms with Gasteiger partial charge in [-0.1, -0.05) is 67.0 Å². The number of aliphatic hydroxyl groups excluding tert-OH is 2. The van der Waals surface area contributed by atoms with Crippen LogP contribution in [0.25, 0.3) is 0 Å². The van der Waals surface area contributed by atoms with E-state index in [9.17, 15) is 10.2 Å². The van der Waals surface area contributed by atoms with Crippen LogP contribution >= 0.6 is 0 Å². The van der Waals surface area contributed by atoms with Gasteiger partial charge in [0.05, 0.1) is 12.2 Å². The molecule has 0 spiro atoms. The van der Waals surface area contributed by atoms with E-state index < -0.39 is 6.10 Å². The van der Waals surface area contributed by atoms with E-state index in [2.05, 4.69) is 61.5 Å². The maximum absolute atomic E-state index is 11.5. The van der Waals surface area contributed by atoms with Crippen molar-refractivity contribution in [2.45, 2.75) is 125 Å². The molecule has 4 saturated carbocycles. The highest BCUT2D eigenvalue weighted by atomic mass is 16.3. The van der Waals surface area contributed by atoms with Gasteiger partial charge in [0.25, 0.3) is 0 Å². The zero-order valence-corrected chi connectivity index (χ0v) is 22.2. The van der Waals surface area contributed by atoms with Crippen LogP contribution in [0.4, 0.5) is 0 Å². The minimum absolute atomic E-state index is 0.0926. The van der Waals surface area contributed by atoms with E-state index in [0.29, 0.717) is 40.4 Å². The summed E-state index contributed by atoms with van der Waals surface area (Å²) in [6.45, 7) is 19.7. The predicted octanol–water partition coefficient (Wildman–Crippen LogP) is 7.14. The molecule has 2 heteroatoms. The van der Waals surface area contributed by atoms with Crippen LogP contribution in [0.3, 0.4) is 0 Å². The molecule has 0 amide bonds. The van der Waals surface area contributed by atoms with Crippen LogP contribution < -0.4 is 0 Å². The topological polar surface area (TPSA) is 40.5 Å². The van der Waals surface area contributed by atoms with Gasteiger partial charge in [0.2, 0.25) is 0 Å². The van der Waals surface area contributed by atoms with Crippen molar-refractivity contribution < 1.29 is 10.2 Å². The van der Waals surface area contributed by atoms with Gasteiger partial charge in [-0.3, -0.25) is 0 Å². The van der Waals surface area contributed by atoms with Crippen molar-refractivity contribution in [2.75, 3.05) is 0 Å². The third-order valence-corrected chi connectivity index (χ3v) is 13.1. The molecule has 0 aromatic carbocycles. The summed E-state index contributed by atoms with van der Waals surface area (Å²) < 4.78 is 0. The average molecular weight is 443 g/mol. The Morgan fingerprint density at radius 1 is 0.688 bits per heavy atom. The van der Waals surface area contributed by atoms with Crippen LogP contribution in [0.5, 0.6) is 0 Å². The van der Waals surface area contributed by atoms with E-state index in [1.54, 1.807) is 5.57 Å². The second kappa shape index (κ2) is 6.66. The highest BCUT2D eigenvalue weighted by molar-refractivity contribution is 5.32. The summed E-state index contributed by atoms with van der Waals surface area (Å²) in [4.78, 5) is 0. The van der Waals surface area contributed by atoms with Gasteiger partial charge in [0, 0.05) is 11.8 Å². The van der Waals surface area contributed by atoms with Crippen LogP contribution in [-0.2, 0) is 0 Å². The lowest BCUT2D eigenvalue weighted by molar-refractivity contribution is -0.262. The monoisotopic (exact) mass is 442 g/mol. The highest BCUT2D eigenvalue weighted by Gasteiger charge is 2.70. The molecule has 5 aliphatic rings. The number of aliphatic hydroxyl groups is 2. The Hall–Kier alpha value is -0.340. The third kappa shape index (κ3) is 2.72. The van der Waals surface area contributed by atoms with Gasteiger partial charge in [0.1, 0.15) is 0 Å². The molecule has 0 heterocycles. The van der Waals surface area contributed by atoms with Gasteiger partial charge in [0.15, 0.2) is 0 Å². The minimum atomic E-state index is -0.392. The smallest absolute Gasteiger partial charge is 0.0624 e. The molecule has 4 fully saturated rings. The molecule has 2 N–H and O–H groups in total. The quantitative estimate of drug-likeness (QED) is 0.391. The first-order valence-electron chi connectivity index (χ1n) is 13.7. The molecular formula is C30H50O2. The van der Waals surface area contributed by atoms with E-state index in [1.165, 1.54) is 44.9 Å². The Balaban J connectivity index is 1.58. The number of hydrogen-bond acceptors (Lipinski definition) is 2. The number of rotatable bonds is 0. The number of allylic oxidation sites excluding steroid dienone is 2. The lowest BCUT2D eigenvalue weighted by Gasteiger charge is -2.73. The van der Waals surface area contributed by atoms with Crippen LogP contribution in [0.1, 0.15) is 113 Å². The lowest BCUT2D eigenvalue weighted by Crippen LogP contribution is -2.69. The van der Waals surface area contributed by atoms with Gasteiger partial charge in [-0.25, -0.2) is 0 Å². The van der Waals surface area contributed by atoms with Gasteiger partial charge in [-0.2, -0.15) is 0 Å². The van der Waals surface area contributed by atoms with E-state index in [-0.39, 0.29) is 22.3 Å². The maximum atomic E-state index is 11.5. The summed E-state index contributed by atoms with van der Waals surface area (Å²) in [6, 6.07) is 0. The normalized spacial score (nSPS) is 56.2. The molecule has 0 bridgehead atoms. The number of fused-ring (bicyclic) bond motifs is 7. The Morgan fingerprint density at radius 2 is 1.34 bits per heavy atom. The minimum Gasteiger partial charge on any atom is -0.392 e. The number of hydrogen-bond donors (Lipinski definition) is 2. The predicted molar refractivity (Wildman–Crippen MR) is 132 cm³/mol. The Kier molecular flexibility index (Phi) is 4.87. The SMILES string of the molecule is CC1(C)C=C2[C@@H]3CC[C@@H]4[C@@]5(C)[C@H](O)C[C@H](O)C(C)(C)[C@H]5CC[C@@]4(C)[C@]3(C)CC[C@@]2(C)CC1. The molecule has 9 atom stereocenters. The summed E-state index contributed by atoms with van der Waals surface area (Å²) in [5, 5.41) is 22.4. The summed E-state index contributed by atoms with van der Waals surface area (Å²) in [6.07, 6.45) is 12.7. The summed E-state index contributed by atoms with van der Waals surface area (Å²) in [5.74, 6) is 1.63. The van der Waals surface area contributed by atoms with Crippen molar-refractivity contribution in [1.82, 2.24) is 0 Å². The van der Waals surface area contributed by atoms with Crippen molar-refractivity contribution in [3.63, 3.8) is 0 Å². The van der Waals surface area contributed by atoms with Crippen LogP contribution in [-0.4, -0.2) is 22.4 Å². The standard InChI is InChI=1S/C30H50O2/c1-25(2)13-14-27(5)15-16-28(6)19(20(27)18-25)9-10-22-29(28,7)12-11-21-26(3,4)23(31)17-24(32)30(21,22)8/h18-19,21-24,31-32H,9-17H2,1-8H3/t19-,21+,22-,23-,24+,27+,28+,29+,30-/m0/s1. The molecule has 0 saturated heterocycles. The van der Waals surface area contributed by atoms with E-state index in [1.807, 2.05) is 0 Å². The van der Waals surface area contributed by atoms with Crippen LogP contribution in [0.2, 0.25) is 0 Å². The van der Waals surface area contributed by atoms with Crippen molar-refractivity contribution in [1.29, 1.82) is 0 Å². The summed E-state index contributed by atoms with van der Waals surface area (Å²) >= 11 is 0. The molecular weight excluding hydrogens is 392 g/mol. The zero-order chi connectivity index (χ0) is 23.5. The molecule has 0 aromatic rings. The van der Waals surface area contributed by atoms with E-state index in [0.717, 1.165) is 6.42 Å². The molecule has 0 radical (unpaired) electrons. The first-order valence-corrected chi connectivity index (χ1v) is 13.7. The highest BCUT2D eigenvalue weighted by Crippen LogP contribution is 2.76. The molecule has 32 heavy (non-hydrogen) atoms. The van der Waals surface area contributed by atoms with E-state index >= 15 is 0 Å². The second-order valence-corrected chi connectivity index (χ2v) is 15.2. The fraction of sp³-hybridized carbons (Fsp3) is 0.933. The van der Waals surface area contributed by atoms with Gasteiger partial charge in [-0.05, 0) is 96.2 Å². The van der Waals surface area contributed by atoms with Crippen molar-refractivity contribution >= 4 is 0 Å². The van der Waals surface area contributed by atoms with Crippen LogP contribution in [0.15, 0.2) is 11.6 Å². The van der Waals surface area contributed by atoms with Crippen molar-refractivity contribution in [2.24, 2.45) is 50.2 Å². The molecule has 182 valence electrons. The largest absolute Gasteiger partial charge is 0.392 e. The molecule has 5 aliphatic carbocycles. The Labute approximate surface area is 197 Å². The molecule has 0 aromatic heterocycles. The maximum Gasteiger partial charge on any atom is 0.0624 e. The fourth-order valence-electron chi connectivity index (χ4n) is 10.6. The first-order chi connectivity index (χ1) is 14.6.